The smallest absolute Gasteiger partial charge is 0.550 e. The Bertz CT molecular complexity index is 512. The van der Waals surface area contributed by atoms with Crippen molar-refractivity contribution in [2.75, 3.05) is 0 Å². The molecular formula is C12H10BrClNNaO3. The molecule has 1 aliphatic rings. The van der Waals surface area contributed by atoms with Crippen molar-refractivity contribution in [3.05, 3.63) is 33.3 Å². The second kappa shape index (κ2) is 7.09. The third kappa shape index (κ3) is 4.20. The number of aliphatic carboxylic acids is 1. The first-order valence-electron chi connectivity index (χ1n) is 5.42. The van der Waals surface area contributed by atoms with Crippen molar-refractivity contribution < 1.29 is 44.3 Å². The van der Waals surface area contributed by atoms with Crippen molar-refractivity contribution in [1.82, 2.24) is 5.32 Å². The molecule has 1 saturated carbocycles. The zero-order chi connectivity index (χ0) is 13.3. The van der Waals surface area contributed by atoms with Gasteiger partial charge in [-0.3, -0.25) is 4.79 Å². The zero-order valence-corrected chi connectivity index (χ0v) is 14.6. The number of carbonyl (C=O) groups is 2. The monoisotopic (exact) mass is 353 g/mol. The third-order valence-electron chi connectivity index (χ3n) is 2.91. The van der Waals surface area contributed by atoms with Crippen LogP contribution in [0.3, 0.4) is 0 Å². The van der Waals surface area contributed by atoms with E-state index in [1.165, 1.54) is 0 Å². The summed E-state index contributed by atoms with van der Waals surface area (Å²) in [5, 5.41) is 13.8. The van der Waals surface area contributed by atoms with Crippen LogP contribution >= 0.6 is 27.5 Å². The molecule has 0 aliphatic heterocycles. The number of amides is 1. The first-order valence-corrected chi connectivity index (χ1v) is 6.59. The Morgan fingerprint density at radius 1 is 1.42 bits per heavy atom. The van der Waals surface area contributed by atoms with Crippen LogP contribution in [0.5, 0.6) is 0 Å². The van der Waals surface area contributed by atoms with Gasteiger partial charge in [0.25, 0.3) is 0 Å². The predicted molar refractivity (Wildman–Crippen MR) is 67.6 cm³/mol. The van der Waals surface area contributed by atoms with E-state index in [4.69, 9.17) is 11.6 Å². The summed E-state index contributed by atoms with van der Waals surface area (Å²) < 4.78 is 0.759. The molecule has 1 amide bonds. The summed E-state index contributed by atoms with van der Waals surface area (Å²) in [6.07, 6.45) is 0.361. The molecular weight excluding hydrogens is 344 g/mol. The van der Waals surface area contributed by atoms with Crippen LogP contribution in [-0.4, -0.2) is 11.9 Å². The van der Waals surface area contributed by atoms with Gasteiger partial charge < -0.3 is 15.2 Å². The summed E-state index contributed by atoms with van der Waals surface area (Å²) in [6, 6.07) is 5.43. The average Bonchev–Trinajstić information content (AvgIpc) is 3.11. The molecule has 1 N–H and O–H groups in total. The van der Waals surface area contributed by atoms with Crippen LogP contribution < -0.4 is 40.0 Å². The van der Waals surface area contributed by atoms with E-state index in [0.29, 0.717) is 11.4 Å². The van der Waals surface area contributed by atoms with Crippen molar-refractivity contribution >= 4 is 39.4 Å². The second-order valence-corrected chi connectivity index (χ2v) is 5.43. The quantitative estimate of drug-likeness (QED) is 0.643. The number of rotatable bonds is 4. The van der Waals surface area contributed by atoms with Gasteiger partial charge in [-0.1, -0.05) is 23.7 Å². The minimum absolute atomic E-state index is 0. The van der Waals surface area contributed by atoms with Crippen LogP contribution in [0.1, 0.15) is 12.0 Å². The molecule has 1 aromatic rings. The van der Waals surface area contributed by atoms with Crippen LogP contribution in [-0.2, 0) is 16.1 Å². The number of hydrogen-bond donors (Lipinski definition) is 1. The van der Waals surface area contributed by atoms with E-state index in [9.17, 15) is 14.7 Å². The van der Waals surface area contributed by atoms with Gasteiger partial charge >= 0.3 is 29.6 Å². The van der Waals surface area contributed by atoms with Crippen molar-refractivity contribution in [3.63, 3.8) is 0 Å². The number of hydrogen-bond acceptors (Lipinski definition) is 3. The fraction of sp³-hybridized carbons (Fsp3) is 0.333. The maximum absolute atomic E-state index is 11.6. The van der Waals surface area contributed by atoms with Gasteiger partial charge in [0, 0.05) is 28.8 Å². The molecule has 7 heteroatoms. The van der Waals surface area contributed by atoms with Gasteiger partial charge in [-0.05, 0) is 34.0 Å². The maximum Gasteiger partial charge on any atom is 1.00 e. The Morgan fingerprint density at radius 3 is 2.68 bits per heavy atom. The Hall–Kier alpha value is -0.0700. The molecule has 2 rings (SSSR count). The summed E-state index contributed by atoms with van der Waals surface area (Å²) in [5.74, 6) is -2.51. The molecule has 19 heavy (non-hydrogen) atoms. The molecule has 0 bridgehead atoms. The topological polar surface area (TPSA) is 69.2 Å². The Kier molecular flexibility index (Phi) is 6.33. The van der Waals surface area contributed by atoms with Gasteiger partial charge in [-0.25, -0.2) is 0 Å². The largest absolute Gasteiger partial charge is 1.00 e. The van der Waals surface area contributed by atoms with Crippen LogP contribution in [0.25, 0.3) is 0 Å². The second-order valence-electron chi connectivity index (χ2n) is 4.20. The molecule has 0 radical (unpaired) electrons. The van der Waals surface area contributed by atoms with Crippen molar-refractivity contribution in [2.45, 2.75) is 13.0 Å². The number of carbonyl (C=O) groups excluding carboxylic acids is 2. The van der Waals surface area contributed by atoms with Gasteiger partial charge in [0.05, 0.1) is 5.02 Å². The molecule has 0 heterocycles. The van der Waals surface area contributed by atoms with Crippen LogP contribution in [0.4, 0.5) is 0 Å². The normalized spacial score (nSPS) is 20.3. The predicted octanol–water partition coefficient (Wildman–Crippen LogP) is -1.89. The number of nitrogens with one attached hydrogen (secondary N) is 1. The van der Waals surface area contributed by atoms with E-state index in [2.05, 4.69) is 21.2 Å². The van der Waals surface area contributed by atoms with Crippen LogP contribution in [0.2, 0.25) is 5.02 Å². The molecule has 0 saturated heterocycles. The van der Waals surface area contributed by atoms with Crippen molar-refractivity contribution in [1.29, 1.82) is 0 Å². The number of benzene rings is 1. The summed E-state index contributed by atoms with van der Waals surface area (Å²) >= 11 is 9.34. The molecule has 0 unspecified atom stereocenters. The van der Waals surface area contributed by atoms with E-state index in [-0.39, 0.29) is 42.0 Å². The minimum Gasteiger partial charge on any atom is -0.550 e. The van der Waals surface area contributed by atoms with E-state index < -0.39 is 17.8 Å². The average molecular weight is 355 g/mol. The van der Waals surface area contributed by atoms with Gasteiger partial charge in [-0.15, -0.1) is 0 Å². The number of halogens is 2. The first-order chi connectivity index (χ1) is 8.50. The minimum atomic E-state index is -1.16. The molecule has 1 fully saturated rings. The molecule has 2 atom stereocenters. The van der Waals surface area contributed by atoms with E-state index in [1.54, 1.807) is 12.1 Å². The van der Waals surface area contributed by atoms with E-state index in [0.717, 1.165) is 10.0 Å². The number of carboxylic acids is 1. The Morgan fingerprint density at radius 2 is 2.11 bits per heavy atom. The number of carboxylic acid groups (broad SMARTS) is 1. The van der Waals surface area contributed by atoms with Crippen LogP contribution in [0, 0.1) is 11.8 Å². The summed E-state index contributed by atoms with van der Waals surface area (Å²) in [6.45, 7) is 0.285. The fourth-order valence-corrected chi connectivity index (χ4v) is 2.34. The molecule has 4 nitrogen and oxygen atoms in total. The van der Waals surface area contributed by atoms with E-state index >= 15 is 0 Å². The first kappa shape index (κ1) is 17.0. The summed E-state index contributed by atoms with van der Waals surface area (Å²) in [4.78, 5) is 22.2. The summed E-state index contributed by atoms with van der Waals surface area (Å²) in [7, 11) is 0. The van der Waals surface area contributed by atoms with Gasteiger partial charge in [-0.2, -0.15) is 0 Å². The van der Waals surface area contributed by atoms with Crippen LogP contribution in [0.15, 0.2) is 22.7 Å². The molecule has 1 aromatic carbocycles. The Labute approximate surface area is 146 Å². The Balaban J connectivity index is 0.00000180. The molecule has 1 aliphatic carbocycles. The molecule has 0 aromatic heterocycles. The van der Waals surface area contributed by atoms with Gasteiger partial charge in [0.15, 0.2) is 0 Å². The van der Waals surface area contributed by atoms with Gasteiger partial charge in [0.2, 0.25) is 5.91 Å². The maximum atomic E-state index is 11.6. The van der Waals surface area contributed by atoms with Crippen molar-refractivity contribution in [3.8, 4) is 0 Å². The van der Waals surface area contributed by atoms with Gasteiger partial charge in [0.1, 0.15) is 0 Å². The molecule has 96 valence electrons. The van der Waals surface area contributed by atoms with E-state index in [1.807, 2.05) is 6.07 Å². The molecule has 0 spiro atoms. The zero-order valence-electron chi connectivity index (χ0n) is 10.3. The third-order valence-corrected chi connectivity index (χ3v) is 4.25. The SMILES string of the molecule is O=C(NCc1cccc(Br)c1Cl)[C@H]1C[C@H]1C(=O)[O-].[Na+]. The van der Waals surface area contributed by atoms with Crippen molar-refractivity contribution in [2.24, 2.45) is 11.8 Å². The summed E-state index contributed by atoms with van der Waals surface area (Å²) in [5.41, 5.74) is 0.782. The fourth-order valence-electron chi connectivity index (χ4n) is 1.74. The standard InChI is InChI=1S/C12H11BrClNO3.Na/c13-9-3-1-2-6(10(9)14)5-15-11(16)7-4-8(7)12(17)18;/h1-3,7-8H,4-5H2,(H,15,16)(H,17,18);/q;+1/p-1/t7-,8+;/m0./s1.